The maximum absolute atomic E-state index is 9.95. The summed E-state index contributed by atoms with van der Waals surface area (Å²) in [4.78, 5) is 1.18. The zero-order chi connectivity index (χ0) is 13.6. The average molecular weight is 333 g/mol. The molecular weight excluding hydrogens is 312 g/mol. The summed E-state index contributed by atoms with van der Waals surface area (Å²) in [6, 6.07) is 8.13. The highest BCUT2D eigenvalue weighted by atomic mass is 79.9. The molecule has 1 N–H and O–H groups in total. The van der Waals surface area contributed by atoms with Crippen molar-refractivity contribution in [3.8, 4) is 0 Å². The Morgan fingerprint density at radius 1 is 1.44 bits per heavy atom. The Hall–Kier alpha value is -0.0300. The van der Waals surface area contributed by atoms with Crippen LogP contribution >= 0.6 is 27.7 Å². The maximum Gasteiger partial charge on any atom is 0.0635 e. The van der Waals surface area contributed by atoms with Crippen molar-refractivity contribution in [1.82, 2.24) is 0 Å². The van der Waals surface area contributed by atoms with Crippen LogP contribution in [0.2, 0.25) is 0 Å². The van der Waals surface area contributed by atoms with E-state index in [9.17, 15) is 5.11 Å². The number of hydrogen-bond donors (Lipinski definition) is 1. The Morgan fingerprint density at radius 2 is 2.17 bits per heavy atom. The summed E-state index contributed by atoms with van der Waals surface area (Å²) in [6.45, 7) is 4.09. The van der Waals surface area contributed by atoms with Gasteiger partial charge in [-0.25, -0.2) is 0 Å². The molecule has 0 saturated carbocycles. The molecule has 0 amide bonds. The molecule has 0 bridgehead atoms. The monoisotopic (exact) mass is 332 g/mol. The van der Waals surface area contributed by atoms with Crippen LogP contribution in [0.5, 0.6) is 0 Å². The van der Waals surface area contributed by atoms with Gasteiger partial charge in [0.2, 0.25) is 0 Å². The first-order chi connectivity index (χ1) is 8.43. The summed E-state index contributed by atoms with van der Waals surface area (Å²) in [7, 11) is 1.71. The quantitative estimate of drug-likeness (QED) is 0.762. The Kier molecular flexibility index (Phi) is 6.71. The lowest BCUT2D eigenvalue weighted by Crippen LogP contribution is -2.25. The van der Waals surface area contributed by atoms with Gasteiger partial charge in [-0.2, -0.15) is 0 Å². The van der Waals surface area contributed by atoms with E-state index in [-0.39, 0.29) is 11.7 Å². The highest BCUT2D eigenvalue weighted by Gasteiger charge is 2.18. The molecule has 1 unspecified atom stereocenters. The minimum Gasteiger partial charge on any atom is -0.392 e. The van der Waals surface area contributed by atoms with E-state index in [0.29, 0.717) is 0 Å². The van der Waals surface area contributed by atoms with Crippen LogP contribution < -0.4 is 0 Å². The van der Waals surface area contributed by atoms with Crippen molar-refractivity contribution in [3.63, 3.8) is 0 Å². The number of aliphatic hydroxyl groups excluding tert-OH is 1. The molecule has 0 spiro atoms. The Bertz CT molecular complexity index is 369. The summed E-state index contributed by atoms with van der Waals surface area (Å²) >= 11 is 5.12. The molecule has 102 valence electrons. The molecule has 1 aromatic rings. The van der Waals surface area contributed by atoms with Crippen LogP contribution in [0, 0.1) is 0 Å². The van der Waals surface area contributed by atoms with E-state index < -0.39 is 0 Å². The van der Waals surface area contributed by atoms with Gasteiger partial charge in [-0.1, -0.05) is 22.0 Å². The molecule has 0 aromatic heterocycles. The lowest BCUT2D eigenvalue weighted by molar-refractivity contribution is 0.00494. The van der Waals surface area contributed by atoms with Crippen molar-refractivity contribution in [2.75, 3.05) is 12.9 Å². The zero-order valence-electron chi connectivity index (χ0n) is 11.1. The fourth-order valence-electron chi connectivity index (χ4n) is 1.45. The molecule has 18 heavy (non-hydrogen) atoms. The number of rotatable bonds is 7. The molecule has 0 aliphatic rings. The molecule has 1 atom stereocenters. The number of benzene rings is 1. The third-order valence-electron chi connectivity index (χ3n) is 2.87. The van der Waals surface area contributed by atoms with Gasteiger partial charge >= 0.3 is 0 Å². The minimum absolute atomic E-state index is 0.151. The molecule has 1 aromatic carbocycles. The third-order valence-corrected chi connectivity index (χ3v) is 4.50. The number of thioether (sulfide) groups is 1. The van der Waals surface area contributed by atoms with Gasteiger partial charge in [0, 0.05) is 22.2 Å². The molecule has 4 heteroatoms. The van der Waals surface area contributed by atoms with Crippen molar-refractivity contribution in [3.05, 3.63) is 28.7 Å². The fraction of sp³-hybridized carbons (Fsp3) is 0.571. The van der Waals surface area contributed by atoms with E-state index in [1.807, 2.05) is 26.0 Å². The van der Waals surface area contributed by atoms with Crippen LogP contribution in [-0.2, 0) is 4.74 Å². The SMILES string of the molecule is COC(C)(C)CCC(O)CSc1cccc(Br)c1. The minimum atomic E-state index is -0.289. The molecule has 2 nitrogen and oxygen atoms in total. The molecule has 0 aliphatic carbocycles. The third kappa shape index (κ3) is 6.23. The van der Waals surface area contributed by atoms with Crippen molar-refractivity contribution < 1.29 is 9.84 Å². The first-order valence-electron chi connectivity index (χ1n) is 6.04. The summed E-state index contributed by atoms with van der Waals surface area (Å²) in [5.74, 6) is 0.718. The molecule has 0 aliphatic heterocycles. The van der Waals surface area contributed by atoms with Crippen molar-refractivity contribution >= 4 is 27.7 Å². The second kappa shape index (κ2) is 7.53. The maximum atomic E-state index is 9.95. The number of methoxy groups -OCH3 is 1. The highest BCUT2D eigenvalue weighted by molar-refractivity contribution is 9.10. The fourth-order valence-corrected chi connectivity index (χ4v) is 2.94. The first kappa shape index (κ1) is 16.0. The van der Waals surface area contributed by atoms with Crippen molar-refractivity contribution in [1.29, 1.82) is 0 Å². The van der Waals surface area contributed by atoms with Crippen molar-refractivity contribution in [2.45, 2.75) is 43.3 Å². The van der Waals surface area contributed by atoms with Crippen LogP contribution in [0.25, 0.3) is 0 Å². The van der Waals surface area contributed by atoms with E-state index in [1.165, 1.54) is 4.90 Å². The number of halogens is 1. The van der Waals surface area contributed by atoms with E-state index in [1.54, 1.807) is 18.9 Å². The van der Waals surface area contributed by atoms with E-state index in [0.717, 1.165) is 23.1 Å². The van der Waals surface area contributed by atoms with Gasteiger partial charge in [0.05, 0.1) is 11.7 Å². The van der Waals surface area contributed by atoms with Gasteiger partial charge in [0.25, 0.3) is 0 Å². The van der Waals surface area contributed by atoms with Gasteiger partial charge in [0.1, 0.15) is 0 Å². The predicted octanol–water partition coefficient (Wildman–Crippen LogP) is 4.11. The van der Waals surface area contributed by atoms with Crippen LogP contribution in [0.1, 0.15) is 26.7 Å². The average Bonchev–Trinajstić information content (AvgIpc) is 2.34. The molecular formula is C14H21BrO2S. The van der Waals surface area contributed by atoms with Crippen molar-refractivity contribution in [2.24, 2.45) is 0 Å². The predicted molar refractivity (Wildman–Crippen MR) is 81.2 cm³/mol. The Morgan fingerprint density at radius 3 is 2.78 bits per heavy atom. The van der Waals surface area contributed by atoms with E-state index in [4.69, 9.17) is 4.74 Å². The summed E-state index contributed by atoms with van der Waals surface area (Å²) in [5, 5.41) is 9.95. The van der Waals surface area contributed by atoms with Gasteiger partial charge in [-0.15, -0.1) is 11.8 Å². The van der Waals surface area contributed by atoms with Gasteiger partial charge in [-0.05, 0) is 44.9 Å². The zero-order valence-corrected chi connectivity index (χ0v) is 13.6. The van der Waals surface area contributed by atoms with Crippen LogP contribution in [-0.4, -0.2) is 29.7 Å². The Labute approximate surface area is 122 Å². The Balaban J connectivity index is 2.31. The summed E-state index contributed by atoms with van der Waals surface area (Å²) in [5.41, 5.74) is -0.151. The van der Waals surface area contributed by atoms with Crippen LogP contribution in [0.4, 0.5) is 0 Å². The van der Waals surface area contributed by atoms with Crippen LogP contribution in [0.15, 0.2) is 33.6 Å². The highest BCUT2D eigenvalue weighted by Crippen LogP contribution is 2.24. The topological polar surface area (TPSA) is 29.5 Å². The smallest absolute Gasteiger partial charge is 0.0635 e. The normalized spacial score (nSPS) is 13.6. The second-order valence-electron chi connectivity index (χ2n) is 4.92. The number of aliphatic hydroxyl groups is 1. The largest absolute Gasteiger partial charge is 0.392 e. The lowest BCUT2D eigenvalue weighted by Gasteiger charge is -2.24. The number of hydrogen-bond acceptors (Lipinski definition) is 3. The van der Waals surface area contributed by atoms with Gasteiger partial charge in [-0.3, -0.25) is 0 Å². The second-order valence-corrected chi connectivity index (χ2v) is 6.93. The molecule has 0 radical (unpaired) electrons. The summed E-state index contributed by atoms with van der Waals surface area (Å²) in [6.07, 6.45) is 1.34. The van der Waals surface area contributed by atoms with Gasteiger partial charge < -0.3 is 9.84 Å². The molecule has 0 heterocycles. The standard InChI is InChI=1S/C14H21BrO2S/c1-14(2,17-3)8-7-12(16)10-18-13-6-4-5-11(15)9-13/h4-6,9,12,16H,7-8,10H2,1-3H3. The molecule has 0 saturated heterocycles. The summed E-state index contributed by atoms with van der Waals surface area (Å²) < 4.78 is 6.41. The number of ether oxygens (including phenoxy) is 1. The van der Waals surface area contributed by atoms with Gasteiger partial charge in [0.15, 0.2) is 0 Å². The first-order valence-corrected chi connectivity index (χ1v) is 7.82. The molecule has 1 rings (SSSR count). The van der Waals surface area contributed by atoms with E-state index in [2.05, 4.69) is 28.1 Å². The van der Waals surface area contributed by atoms with E-state index >= 15 is 0 Å². The molecule has 0 fully saturated rings. The van der Waals surface area contributed by atoms with Crippen LogP contribution in [0.3, 0.4) is 0 Å². The lowest BCUT2D eigenvalue weighted by atomic mass is 10.0.